The molecule has 2 aromatic heterocycles. The Morgan fingerprint density at radius 2 is 1.87 bits per heavy atom. The molecule has 162 valence electrons. The minimum Gasteiger partial charge on any atom is -0.336 e. The average Bonchev–Trinajstić information content (AvgIpc) is 3.25. The van der Waals surface area contributed by atoms with E-state index < -0.39 is 0 Å². The molecule has 31 heavy (non-hydrogen) atoms. The van der Waals surface area contributed by atoms with E-state index in [0.29, 0.717) is 11.6 Å². The Morgan fingerprint density at radius 1 is 1.06 bits per heavy atom. The first-order valence-electron chi connectivity index (χ1n) is 11.3. The van der Waals surface area contributed by atoms with Crippen LogP contribution < -0.4 is 0 Å². The van der Waals surface area contributed by atoms with Crippen LogP contribution in [0, 0.1) is 0 Å². The van der Waals surface area contributed by atoms with Gasteiger partial charge in [0.15, 0.2) is 5.82 Å². The molecule has 0 aliphatic carbocycles. The molecule has 1 fully saturated rings. The molecule has 0 N–H and O–H groups in total. The lowest BCUT2D eigenvalue weighted by Gasteiger charge is -2.41. The van der Waals surface area contributed by atoms with Crippen molar-refractivity contribution in [1.82, 2.24) is 24.6 Å². The number of nitrogens with zero attached hydrogens (tertiary/aromatic N) is 5. The third-order valence-electron chi connectivity index (χ3n) is 6.04. The highest BCUT2D eigenvalue weighted by Crippen LogP contribution is 2.22. The molecular weight excluding hydrogens is 386 g/mol. The van der Waals surface area contributed by atoms with Gasteiger partial charge in [0.2, 0.25) is 0 Å². The quantitative estimate of drug-likeness (QED) is 0.584. The Morgan fingerprint density at radius 3 is 2.58 bits per heavy atom. The number of rotatable bonds is 7. The minimum atomic E-state index is 0.0829. The largest absolute Gasteiger partial charge is 0.336 e. The van der Waals surface area contributed by atoms with E-state index in [1.54, 1.807) is 17.1 Å². The van der Waals surface area contributed by atoms with E-state index in [2.05, 4.69) is 59.2 Å². The monoisotopic (exact) mass is 417 g/mol. The third kappa shape index (κ3) is 4.69. The van der Waals surface area contributed by atoms with E-state index in [9.17, 15) is 4.79 Å². The highest BCUT2D eigenvalue weighted by atomic mass is 16.2. The Bertz CT molecular complexity index is 986. The molecule has 0 saturated carbocycles. The van der Waals surface area contributed by atoms with Gasteiger partial charge in [-0.15, -0.1) is 0 Å². The van der Waals surface area contributed by atoms with Crippen molar-refractivity contribution in [2.24, 2.45) is 0 Å². The summed E-state index contributed by atoms with van der Waals surface area (Å²) in [5.74, 6) is 0.828. The molecule has 0 spiro atoms. The van der Waals surface area contributed by atoms with Crippen LogP contribution in [0.5, 0.6) is 0 Å². The molecular formula is C25H31N5O. The minimum absolute atomic E-state index is 0.0829. The number of hydrogen-bond acceptors (Lipinski definition) is 4. The second-order valence-electron chi connectivity index (χ2n) is 8.11. The lowest BCUT2D eigenvalue weighted by atomic mass is 10.0. The Kier molecular flexibility index (Phi) is 6.77. The van der Waals surface area contributed by atoms with Crippen molar-refractivity contribution >= 4 is 5.91 Å². The van der Waals surface area contributed by atoms with Crippen molar-refractivity contribution in [3.05, 3.63) is 77.7 Å². The van der Waals surface area contributed by atoms with E-state index in [-0.39, 0.29) is 5.91 Å². The molecule has 3 aromatic rings. The highest BCUT2D eigenvalue weighted by molar-refractivity contribution is 5.95. The van der Waals surface area contributed by atoms with E-state index in [1.165, 1.54) is 5.56 Å². The van der Waals surface area contributed by atoms with E-state index in [4.69, 9.17) is 0 Å². The van der Waals surface area contributed by atoms with Crippen molar-refractivity contribution in [3.63, 3.8) is 0 Å². The van der Waals surface area contributed by atoms with Crippen LogP contribution in [0.2, 0.25) is 0 Å². The molecule has 6 nitrogen and oxygen atoms in total. The summed E-state index contributed by atoms with van der Waals surface area (Å²) in [6.45, 7) is 7.60. The Balaban J connectivity index is 1.51. The SMILES string of the molecule is CCC[C@@H]1CN(C(=O)c2cnn(-c3ccccn3)c2CC)CCN1Cc1ccccc1. The number of aromatic nitrogens is 3. The normalized spacial score (nSPS) is 17.1. The maximum Gasteiger partial charge on any atom is 0.257 e. The Labute approximate surface area is 184 Å². The zero-order valence-corrected chi connectivity index (χ0v) is 18.4. The summed E-state index contributed by atoms with van der Waals surface area (Å²) in [7, 11) is 0. The first kappa shape index (κ1) is 21.2. The van der Waals surface area contributed by atoms with Gasteiger partial charge in [-0.2, -0.15) is 5.10 Å². The van der Waals surface area contributed by atoms with Crippen LogP contribution in [0.15, 0.2) is 60.9 Å². The predicted molar refractivity (Wildman–Crippen MR) is 122 cm³/mol. The van der Waals surface area contributed by atoms with Gasteiger partial charge in [-0.3, -0.25) is 9.69 Å². The first-order chi connectivity index (χ1) is 15.2. The predicted octanol–water partition coefficient (Wildman–Crippen LogP) is 3.96. The zero-order valence-electron chi connectivity index (χ0n) is 18.4. The van der Waals surface area contributed by atoms with Gasteiger partial charge in [0.1, 0.15) is 0 Å². The summed E-state index contributed by atoms with van der Waals surface area (Å²) < 4.78 is 1.79. The fourth-order valence-corrected chi connectivity index (χ4v) is 4.45. The molecule has 0 bridgehead atoms. The molecule has 1 saturated heterocycles. The van der Waals surface area contributed by atoms with Gasteiger partial charge in [0.25, 0.3) is 5.91 Å². The van der Waals surface area contributed by atoms with Crippen LogP contribution in [0.1, 0.15) is 48.3 Å². The van der Waals surface area contributed by atoms with Crippen molar-refractivity contribution in [2.45, 2.75) is 45.7 Å². The molecule has 1 aliphatic heterocycles. The molecule has 1 aromatic carbocycles. The maximum atomic E-state index is 13.5. The van der Waals surface area contributed by atoms with Crippen molar-refractivity contribution < 1.29 is 4.79 Å². The van der Waals surface area contributed by atoms with E-state index in [0.717, 1.165) is 57.0 Å². The number of carbonyl (C=O) groups is 1. The molecule has 1 amide bonds. The first-order valence-corrected chi connectivity index (χ1v) is 11.3. The third-order valence-corrected chi connectivity index (χ3v) is 6.04. The van der Waals surface area contributed by atoms with Crippen molar-refractivity contribution in [1.29, 1.82) is 0 Å². The molecule has 0 radical (unpaired) electrons. The van der Waals surface area contributed by atoms with Crippen LogP contribution in [0.3, 0.4) is 0 Å². The second-order valence-corrected chi connectivity index (χ2v) is 8.11. The smallest absolute Gasteiger partial charge is 0.257 e. The number of hydrogen-bond donors (Lipinski definition) is 0. The van der Waals surface area contributed by atoms with E-state index in [1.807, 2.05) is 23.1 Å². The van der Waals surface area contributed by atoms with Crippen LogP contribution in [0.25, 0.3) is 5.82 Å². The number of pyridine rings is 1. The van der Waals surface area contributed by atoms with Crippen LogP contribution in [-0.2, 0) is 13.0 Å². The van der Waals surface area contributed by atoms with E-state index >= 15 is 0 Å². The zero-order chi connectivity index (χ0) is 21.6. The lowest BCUT2D eigenvalue weighted by molar-refractivity contribution is 0.0437. The van der Waals surface area contributed by atoms with Gasteiger partial charge < -0.3 is 4.90 Å². The Hall–Kier alpha value is -2.99. The van der Waals surface area contributed by atoms with Gasteiger partial charge in [-0.05, 0) is 30.5 Å². The lowest BCUT2D eigenvalue weighted by Crippen LogP contribution is -2.54. The molecule has 1 aliphatic rings. The average molecular weight is 418 g/mol. The fourth-order valence-electron chi connectivity index (χ4n) is 4.45. The second kappa shape index (κ2) is 9.88. The molecule has 3 heterocycles. The summed E-state index contributed by atoms with van der Waals surface area (Å²) >= 11 is 0. The summed E-state index contributed by atoms with van der Waals surface area (Å²) in [5.41, 5.74) is 2.94. The summed E-state index contributed by atoms with van der Waals surface area (Å²) in [4.78, 5) is 22.4. The summed E-state index contributed by atoms with van der Waals surface area (Å²) in [6.07, 6.45) is 6.38. The maximum absolute atomic E-state index is 13.5. The van der Waals surface area contributed by atoms with Crippen LogP contribution >= 0.6 is 0 Å². The molecule has 4 rings (SSSR count). The number of piperazine rings is 1. The van der Waals surface area contributed by atoms with Gasteiger partial charge in [-0.1, -0.05) is 56.7 Å². The van der Waals surface area contributed by atoms with Crippen molar-refractivity contribution in [2.75, 3.05) is 19.6 Å². The molecule has 6 heteroatoms. The topological polar surface area (TPSA) is 54.3 Å². The number of benzene rings is 1. The van der Waals surface area contributed by atoms with Crippen LogP contribution in [0.4, 0.5) is 0 Å². The summed E-state index contributed by atoms with van der Waals surface area (Å²) in [6, 6.07) is 16.7. The van der Waals surface area contributed by atoms with Gasteiger partial charge in [-0.25, -0.2) is 9.67 Å². The van der Waals surface area contributed by atoms with Gasteiger partial charge >= 0.3 is 0 Å². The number of amides is 1. The van der Waals surface area contributed by atoms with Gasteiger partial charge in [0.05, 0.1) is 17.5 Å². The fraction of sp³-hybridized carbons (Fsp3) is 0.400. The van der Waals surface area contributed by atoms with Crippen LogP contribution in [-0.4, -0.2) is 56.1 Å². The molecule has 0 unspecified atom stereocenters. The molecule has 1 atom stereocenters. The standard InChI is InChI=1S/C25H31N5O/c1-3-10-21-19-29(16-15-28(21)18-20-11-6-5-7-12-20)25(31)22-17-27-30(23(22)4-2)24-13-8-9-14-26-24/h5-9,11-14,17,21H,3-4,10,15-16,18-19H2,1-2H3/t21-/m1/s1. The number of carbonyl (C=O) groups excluding carboxylic acids is 1. The van der Waals surface area contributed by atoms with Gasteiger partial charge in [0, 0.05) is 38.4 Å². The highest BCUT2D eigenvalue weighted by Gasteiger charge is 2.31. The van der Waals surface area contributed by atoms with Crippen molar-refractivity contribution in [3.8, 4) is 5.82 Å². The summed E-state index contributed by atoms with van der Waals surface area (Å²) in [5, 5.41) is 4.50.